The third-order valence-electron chi connectivity index (χ3n) is 3.86. The molecule has 0 bridgehead atoms. The summed E-state index contributed by atoms with van der Waals surface area (Å²) in [6.07, 6.45) is 0.972. The van der Waals surface area contributed by atoms with Gasteiger partial charge in [0.25, 0.3) is 0 Å². The average Bonchev–Trinajstić information content (AvgIpc) is 2.46. The highest BCUT2D eigenvalue weighted by Gasteiger charge is 2.13. The van der Waals surface area contributed by atoms with Crippen LogP contribution in [0.5, 0.6) is 0 Å². The SMILES string of the molecule is CCC(N)c1ccc(-c2ccc(C(C)(C)C)cc2)cc1. The van der Waals surface area contributed by atoms with Crippen molar-refractivity contribution in [2.75, 3.05) is 0 Å². The van der Waals surface area contributed by atoms with Gasteiger partial charge in [-0.25, -0.2) is 0 Å². The molecule has 0 heterocycles. The lowest BCUT2D eigenvalue weighted by atomic mass is 9.86. The molecular formula is C19H25N. The largest absolute Gasteiger partial charge is 0.324 e. The fourth-order valence-electron chi connectivity index (χ4n) is 2.32. The van der Waals surface area contributed by atoms with E-state index in [0.717, 1.165) is 6.42 Å². The van der Waals surface area contributed by atoms with Crippen LogP contribution in [0.2, 0.25) is 0 Å². The smallest absolute Gasteiger partial charge is 0.0292 e. The zero-order chi connectivity index (χ0) is 14.8. The van der Waals surface area contributed by atoms with Gasteiger partial charge in [0.2, 0.25) is 0 Å². The summed E-state index contributed by atoms with van der Waals surface area (Å²) in [5.74, 6) is 0. The van der Waals surface area contributed by atoms with Crippen LogP contribution in [0.4, 0.5) is 0 Å². The molecule has 1 heteroatoms. The van der Waals surface area contributed by atoms with Crippen LogP contribution in [-0.4, -0.2) is 0 Å². The lowest BCUT2D eigenvalue weighted by Gasteiger charge is -2.19. The maximum atomic E-state index is 6.05. The molecule has 20 heavy (non-hydrogen) atoms. The maximum absolute atomic E-state index is 6.05. The highest BCUT2D eigenvalue weighted by Crippen LogP contribution is 2.27. The maximum Gasteiger partial charge on any atom is 0.0292 e. The molecule has 0 aliphatic rings. The van der Waals surface area contributed by atoms with E-state index in [0.29, 0.717) is 0 Å². The Morgan fingerprint density at radius 1 is 0.850 bits per heavy atom. The van der Waals surface area contributed by atoms with Crippen LogP contribution in [0.25, 0.3) is 11.1 Å². The van der Waals surface area contributed by atoms with Gasteiger partial charge in [-0.2, -0.15) is 0 Å². The highest BCUT2D eigenvalue weighted by atomic mass is 14.6. The van der Waals surface area contributed by atoms with E-state index < -0.39 is 0 Å². The van der Waals surface area contributed by atoms with Gasteiger partial charge in [-0.15, -0.1) is 0 Å². The summed E-state index contributed by atoms with van der Waals surface area (Å²) < 4.78 is 0. The Balaban J connectivity index is 2.24. The summed E-state index contributed by atoms with van der Waals surface area (Å²) in [4.78, 5) is 0. The molecule has 2 aromatic carbocycles. The van der Waals surface area contributed by atoms with Crippen LogP contribution in [0.1, 0.15) is 51.3 Å². The molecule has 0 fully saturated rings. The third kappa shape index (κ3) is 3.29. The van der Waals surface area contributed by atoms with Crippen molar-refractivity contribution < 1.29 is 0 Å². The monoisotopic (exact) mass is 267 g/mol. The Morgan fingerprint density at radius 3 is 1.70 bits per heavy atom. The summed E-state index contributed by atoms with van der Waals surface area (Å²) in [5, 5.41) is 0. The van der Waals surface area contributed by atoms with Crippen molar-refractivity contribution in [2.45, 2.75) is 45.6 Å². The number of rotatable bonds is 3. The normalized spacial score (nSPS) is 13.2. The van der Waals surface area contributed by atoms with Crippen molar-refractivity contribution >= 4 is 0 Å². The predicted octanol–water partition coefficient (Wildman–Crippen LogP) is 5.06. The molecule has 2 rings (SSSR count). The van der Waals surface area contributed by atoms with E-state index >= 15 is 0 Å². The Labute approximate surface area is 122 Å². The first-order valence-corrected chi connectivity index (χ1v) is 7.38. The van der Waals surface area contributed by atoms with Crippen LogP contribution in [0.3, 0.4) is 0 Å². The molecule has 2 N–H and O–H groups in total. The van der Waals surface area contributed by atoms with Gasteiger partial charge >= 0.3 is 0 Å². The molecular weight excluding hydrogens is 242 g/mol. The first-order valence-electron chi connectivity index (χ1n) is 7.38. The van der Waals surface area contributed by atoms with Crippen molar-refractivity contribution in [3.8, 4) is 11.1 Å². The van der Waals surface area contributed by atoms with Gasteiger partial charge in [-0.1, -0.05) is 76.2 Å². The van der Waals surface area contributed by atoms with Gasteiger partial charge in [0.1, 0.15) is 0 Å². The molecule has 0 aliphatic carbocycles. The second kappa shape index (κ2) is 5.80. The Kier molecular flexibility index (Phi) is 4.29. The Morgan fingerprint density at radius 2 is 1.30 bits per heavy atom. The van der Waals surface area contributed by atoms with Crippen LogP contribution < -0.4 is 5.73 Å². The van der Waals surface area contributed by atoms with Gasteiger partial charge < -0.3 is 5.73 Å². The van der Waals surface area contributed by atoms with Crippen LogP contribution in [0, 0.1) is 0 Å². The average molecular weight is 267 g/mol. The standard InChI is InChI=1S/C19H25N/c1-5-18(20)16-8-6-14(7-9-16)15-10-12-17(13-11-15)19(2,3)4/h6-13,18H,5,20H2,1-4H3. The number of benzene rings is 2. The lowest BCUT2D eigenvalue weighted by Crippen LogP contribution is -2.10. The van der Waals surface area contributed by atoms with Crippen molar-refractivity contribution in [3.63, 3.8) is 0 Å². The molecule has 2 aromatic rings. The molecule has 0 spiro atoms. The van der Waals surface area contributed by atoms with E-state index in [1.807, 2.05) is 0 Å². The molecule has 106 valence electrons. The van der Waals surface area contributed by atoms with Crippen molar-refractivity contribution in [1.29, 1.82) is 0 Å². The molecule has 0 saturated heterocycles. The van der Waals surface area contributed by atoms with Crippen molar-refractivity contribution in [1.82, 2.24) is 0 Å². The van der Waals surface area contributed by atoms with E-state index in [1.54, 1.807) is 0 Å². The fourth-order valence-corrected chi connectivity index (χ4v) is 2.32. The molecule has 1 unspecified atom stereocenters. The number of nitrogens with two attached hydrogens (primary N) is 1. The van der Waals surface area contributed by atoms with E-state index in [4.69, 9.17) is 5.73 Å². The summed E-state index contributed by atoms with van der Waals surface area (Å²) in [7, 11) is 0. The van der Waals surface area contributed by atoms with Crippen molar-refractivity contribution in [3.05, 3.63) is 59.7 Å². The van der Waals surface area contributed by atoms with Gasteiger partial charge in [-0.05, 0) is 34.1 Å². The second-order valence-electron chi connectivity index (χ2n) is 6.46. The quantitative estimate of drug-likeness (QED) is 0.826. The zero-order valence-corrected chi connectivity index (χ0v) is 13.0. The van der Waals surface area contributed by atoms with Crippen molar-refractivity contribution in [2.24, 2.45) is 5.73 Å². The molecule has 0 aromatic heterocycles. The molecule has 1 atom stereocenters. The van der Waals surface area contributed by atoms with Gasteiger partial charge in [0.05, 0.1) is 0 Å². The Bertz CT molecular complexity index is 544. The summed E-state index contributed by atoms with van der Waals surface area (Å²) >= 11 is 0. The van der Waals surface area contributed by atoms with E-state index in [1.165, 1.54) is 22.3 Å². The Hall–Kier alpha value is -1.60. The van der Waals surface area contributed by atoms with Crippen LogP contribution in [0.15, 0.2) is 48.5 Å². The van der Waals surface area contributed by atoms with Crippen LogP contribution in [-0.2, 0) is 5.41 Å². The first-order chi connectivity index (χ1) is 9.41. The van der Waals surface area contributed by atoms with Gasteiger partial charge in [0.15, 0.2) is 0 Å². The zero-order valence-electron chi connectivity index (χ0n) is 13.0. The molecule has 0 saturated carbocycles. The molecule has 1 nitrogen and oxygen atoms in total. The second-order valence-corrected chi connectivity index (χ2v) is 6.46. The third-order valence-corrected chi connectivity index (χ3v) is 3.86. The first kappa shape index (κ1) is 14.8. The molecule has 0 amide bonds. The van der Waals surface area contributed by atoms with Gasteiger partial charge in [0, 0.05) is 6.04 Å². The number of hydrogen-bond donors (Lipinski definition) is 1. The molecule has 0 aliphatic heterocycles. The minimum Gasteiger partial charge on any atom is -0.324 e. The van der Waals surface area contributed by atoms with Crippen LogP contribution >= 0.6 is 0 Å². The molecule has 0 radical (unpaired) electrons. The highest BCUT2D eigenvalue weighted by molar-refractivity contribution is 5.64. The predicted molar refractivity (Wildman–Crippen MR) is 87.8 cm³/mol. The van der Waals surface area contributed by atoms with Gasteiger partial charge in [-0.3, -0.25) is 0 Å². The van der Waals surface area contributed by atoms with E-state index in [-0.39, 0.29) is 11.5 Å². The van der Waals surface area contributed by atoms with E-state index in [2.05, 4.69) is 76.2 Å². The van der Waals surface area contributed by atoms with E-state index in [9.17, 15) is 0 Å². The number of hydrogen-bond acceptors (Lipinski definition) is 1. The fraction of sp³-hybridized carbons (Fsp3) is 0.368. The lowest BCUT2D eigenvalue weighted by molar-refractivity contribution is 0.590. The summed E-state index contributed by atoms with van der Waals surface area (Å²) in [5.41, 5.74) is 11.3. The summed E-state index contributed by atoms with van der Waals surface area (Å²) in [6, 6.07) is 17.6. The minimum absolute atomic E-state index is 0.146. The topological polar surface area (TPSA) is 26.0 Å². The summed E-state index contributed by atoms with van der Waals surface area (Å²) in [6.45, 7) is 8.83. The minimum atomic E-state index is 0.146.